The maximum atomic E-state index is 5.67. The third-order valence-corrected chi connectivity index (χ3v) is 3.31. The molecule has 1 aliphatic rings. The first-order chi connectivity index (χ1) is 8.84. The average molecular weight is 240 g/mol. The Labute approximate surface area is 107 Å². The van der Waals surface area contributed by atoms with Gasteiger partial charge in [0.15, 0.2) is 0 Å². The van der Waals surface area contributed by atoms with E-state index in [-0.39, 0.29) is 0 Å². The number of nitrogens with one attached hydrogen (secondary N) is 1. The molecule has 0 bridgehead atoms. The Bertz CT molecular complexity index is 554. The van der Waals surface area contributed by atoms with Crippen molar-refractivity contribution in [3.05, 3.63) is 53.9 Å². The Balaban J connectivity index is 1.89. The molecule has 0 radical (unpaired) electrons. The number of nitrogens with zero attached hydrogens (tertiary/aromatic N) is 1. The predicted octanol–water partition coefficient (Wildman–Crippen LogP) is 3.33. The average Bonchev–Trinajstić information content (AvgIpc) is 2.42. The van der Waals surface area contributed by atoms with Gasteiger partial charge in [0.25, 0.3) is 0 Å². The first-order valence-corrected chi connectivity index (χ1v) is 6.23. The highest BCUT2D eigenvalue weighted by Crippen LogP contribution is 2.34. The van der Waals surface area contributed by atoms with Gasteiger partial charge < -0.3 is 10.1 Å². The summed E-state index contributed by atoms with van der Waals surface area (Å²) in [5, 5.41) is 3.59. The van der Waals surface area contributed by atoms with Crippen molar-refractivity contribution in [3.63, 3.8) is 0 Å². The summed E-state index contributed by atoms with van der Waals surface area (Å²) in [4.78, 5) is 4.12. The molecule has 0 amide bonds. The smallest absolute Gasteiger partial charge is 0.124 e. The molecule has 2 heterocycles. The van der Waals surface area contributed by atoms with Crippen LogP contribution in [0.5, 0.6) is 5.75 Å². The lowest BCUT2D eigenvalue weighted by Gasteiger charge is -2.27. The minimum Gasteiger partial charge on any atom is -0.493 e. The molecular formula is C15H16N2O. The van der Waals surface area contributed by atoms with Crippen LogP contribution in [-0.2, 0) is 0 Å². The number of rotatable bonds is 2. The van der Waals surface area contributed by atoms with Crippen LogP contribution in [0.15, 0.2) is 42.7 Å². The van der Waals surface area contributed by atoms with Gasteiger partial charge in [-0.25, -0.2) is 0 Å². The number of fused-ring (bicyclic) bond motifs is 1. The van der Waals surface area contributed by atoms with Gasteiger partial charge in [0, 0.05) is 30.1 Å². The van der Waals surface area contributed by atoms with Gasteiger partial charge in [0.1, 0.15) is 5.75 Å². The second-order valence-corrected chi connectivity index (χ2v) is 4.56. The van der Waals surface area contributed by atoms with Crippen LogP contribution >= 0.6 is 0 Å². The number of aryl methyl sites for hydroxylation is 1. The molecule has 3 heteroatoms. The first-order valence-electron chi connectivity index (χ1n) is 6.23. The fraction of sp³-hybridized carbons (Fsp3) is 0.267. The number of benzene rings is 1. The van der Waals surface area contributed by atoms with Crippen LogP contribution in [0.3, 0.4) is 0 Å². The number of hydrogen-bond donors (Lipinski definition) is 1. The van der Waals surface area contributed by atoms with Crippen molar-refractivity contribution in [2.75, 3.05) is 11.9 Å². The monoisotopic (exact) mass is 240 g/mol. The zero-order valence-electron chi connectivity index (χ0n) is 10.4. The molecule has 0 aliphatic carbocycles. The quantitative estimate of drug-likeness (QED) is 0.874. The van der Waals surface area contributed by atoms with Crippen molar-refractivity contribution >= 4 is 5.69 Å². The van der Waals surface area contributed by atoms with Crippen LogP contribution in [0, 0.1) is 6.92 Å². The molecule has 0 fully saturated rings. The third-order valence-electron chi connectivity index (χ3n) is 3.31. The van der Waals surface area contributed by atoms with Crippen LogP contribution in [0.2, 0.25) is 0 Å². The van der Waals surface area contributed by atoms with Gasteiger partial charge in [-0.3, -0.25) is 4.98 Å². The highest BCUT2D eigenvalue weighted by molar-refractivity contribution is 5.52. The number of para-hydroxylation sites is 1. The largest absolute Gasteiger partial charge is 0.493 e. The van der Waals surface area contributed by atoms with Crippen molar-refractivity contribution in [3.8, 4) is 5.75 Å². The van der Waals surface area contributed by atoms with E-state index in [2.05, 4.69) is 29.4 Å². The molecule has 1 aromatic carbocycles. The van der Waals surface area contributed by atoms with Gasteiger partial charge in [-0.2, -0.15) is 0 Å². The lowest BCUT2D eigenvalue weighted by atomic mass is 10.00. The van der Waals surface area contributed by atoms with Gasteiger partial charge in [-0.05, 0) is 24.6 Å². The molecule has 2 aromatic rings. The van der Waals surface area contributed by atoms with Crippen molar-refractivity contribution in [2.24, 2.45) is 0 Å². The molecule has 18 heavy (non-hydrogen) atoms. The van der Waals surface area contributed by atoms with E-state index in [0.717, 1.165) is 24.5 Å². The maximum absolute atomic E-state index is 5.67. The SMILES string of the molecule is Cc1cnccc1NC1CCOc2ccccc21. The van der Waals surface area contributed by atoms with E-state index in [9.17, 15) is 0 Å². The molecule has 0 spiro atoms. The van der Waals surface area contributed by atoms with Gasteiger partial charge >= 0.3 is 0 Å². The predicted molar refractivity (Wildman–Crippen MR) is 71.9 cm³/mol. The number of aromatic nitrogens is 1. The van der Waals surface area contributed by atoms with Crippen LogP contribution in [0.4, 0.5) is 5.69 Å². The summed E-state index contributed by atoms with van der Waals surface area (Å²) < 4.78 is 5.67. The number of hydrogen-bond acceptors (Lipinski definition) is 3. The molecule has 1 unspecified atom stereocenters. The summed E-state index contributed by atoms with van der Waals surface area (Å²) in [5.74, 6) is 0.993. The molecule has 1 atom stereocenters. The van der Waals surface area contributed by atoms with E-state index in [0.29, 0.717) is 6.04 Å². The van der Waals surface area contributed by atoms with E-state index in [4.69, 9.17) is 4.74 Å². The van der Waals surface area contributed by atoms with Crippen LogP contribution in [-0.4, -0.2) is 11.6 Å². The fourth-order valence-electron chi connectivity index (χ4n) is 2.32. The van der Waals surface area contributed by atoms with Gasteiger partial charge in [0.2, 0.25) is 0 Å². The Morgan fingerprint density at radius 1 is 1.28 bits per heavy atom. The minimum atomic E-state index is 0.316. The number of pyridine rings is 1. The second kappa shape index (κ2) is 4.69. The van der Waals surface area contributed by atoms with Gasteiger partial charge in [-0.15, -0.1) is 0 Å². The summed E-state index contributed by atoms with van der Waals surface area (Å²) >= 11 is 0. The highest BCUT2D eigenvalue weighted by atomic mass is 16.5. The minimum absolute atomic E-state index is 0.316. The molecule has 3 rings (SSSR count). The third kappa shape index (κ3) is 2.04. The van der Waals surface area contributed by atoms with Gasteiger partial charge in [0.05, 0.1) is 12.6 Å². The standard InChI is InChI=1S/C15H16N2O/c1-11-10-16-8-6-13(11)17-14-7-9-18-15-5-3-2-4-12(14)15/h2-6,8,10,14H,7,9H2,1H3,(H,16,17). The molecule has 1 N–H and O–H groups in total. The second-order valence-electron chi connectivity index (χ2n) is 4.56. The normalized spacial score (nSPS) is 17.7. The highest BCUT2D eigenvalue weighted by Gasteiger charge is 2.20. The fourth-order valence-corrected chi connectivity index (χ4v) is 2.32. The summed E-state index contributed by atoms with van der Waals surface area (Å²) in [5.41, 5.74) is 3.55. The van der Waals surface area contributed by atoms with Crippen LogP contribution in [0.25, 0.3) is 0 Å². The van der Waals surface area contributed by atoms with E-state index in [1.54, 1.807) is 0 Å². The Morgan fingerprint density at radius 3 is 3.06 bits per heavy atom. The van der Waals surface area contributed by atoms with E-state index < -0.39 is 0 Å². The van der Waals surface area contributed by atoms with Crippen molar-refractivity contribution < 1.29 is 4.74 Å². The molecular weight excluding hydrogens is 224 g/mol. The zero-order valence-corrected chi connectivity index (χ0v) is 10.4. The summed E-state index contributed by atoms with van der Waals surface area (Å²) in [7, 11) is 0. The van der Waals surface area contributed by atoms with E-state index in [1.165, 1.54) is 11.1 Å². The van der Waals surface area contributed by atoms with Crippen molar-refractivity contribution in [2.45, 2.75) is 19.4 Å². The van der Waals surface area contributed by atoms with E-state index in [1.807, 2.05) is 30.6 Å². The summed E-state index contributed by atoms with van der Waals surface area (Å²) in [6, 6.07) is 10.6. The maximum Gasteiger partial charge on any atom is 0.124 e. The van der Waals surface area contributed by atoms with Crippen molar-refractivity contribution in [1.29, 1.82) is 0 Å². The zero-order chi connectivity index (χ0) is 12.4. The molecule has 3 nitrogen and oxygen atoms in total. The summed E-state index contributed by atoms with van der Waals surface area (Å²) in [6.07, 6.45) is 4.69. The van der Waals surface area contributed by atoms with Crippen LogP contribution < -0.4 is 10.1 Å². The molecule has 0 saturated carbocycles. The lowest BCUT2D eigenvalue weighted by molar-refractivity contribution is 0.274. The number of ether oxygens (including phenoxy) is 1. The number of anilines is 1. The Kier molecular flexibility index (Phi) is 2.89. The molecule has 0 saturated heterocycles. The van der Waals surface area contributed by atoms with E-state index >= 15 is 0 Å². The Hall–Kier alpha value is -2.03. The molecule has 92 valence electrons. The van der Waals surface area contributed by atoms with Gasteiger partial charge in [-0.1, -0.05) is 18.2 Å². The molecule has 1 aromatic heterocycles. The van der Waals surface area contributed by atoms with Crippen molar-refractivity contribution in [1.82, 2.24) is 4.98 Å². The Morgan fingerprint density at radius 2 is 2.17 bits per heavy atom. The molecule has 1 aliphatic heterocycles. The lowest BCUT2D eigenvalue weighted by Crippen LogP contribution is -2.20. The van der Waals surface area contributed by atoms with Crippen LogP contribution in [0.1, 0.15) is 23.6 Å². The summed E-state index contributed by atoms with van der Waals surface area (Å²) in [6.45, 7) is 2.83. The topological polar surface area (TPSA) is 34.2 Å². The first kappa shape index (κ1) is 11.1.